The van der Waals surface area contributed by atoms with E-state index in [0.717, 1.165) is 42.1 Å². The van der Waals surface area contributed by atoms with Crippen molar-refractivity contribution >= 4 is 58.6 Å². The minimum atomic E-state index is 0. The van der Waals surface area contributed by atoms with Crippen molar-refractivity contribution in [2.24, 2.45) is 0 Å². The summed E-state index contributed by atoms with van der Waals surface area (Å²) in [6.07, 6.45) is 1.95. The second kappa shape index (κ2) is 11.7. The van der Waals surface area contributed by atoms with Gasteiger partial charge in [0.1, 0.15) is 11.0 Å². The van der Waals surface area contributed by atoms with Crippen molar-refractivity contribution < 1.29 is 0 Å². The zero-order chi connectivity index (χ0) is 21.5. The van der Waals surface area contributed by atoms with E-state index in [-0.39, 0.29) is 12.4 Å². The molecule has 10 heteroatoms. The molecule has 0 aliphatic carbocycles. The van der Waals surface area contributed by atoms with Crippen LogP contribution in [0.2, 0.25) is 5.02 Å². The number of hydrogen-bond donors (Lipinski definition) is 4. The van der Waals surface area contributed by atoms with E-state index in [4.69, 9.17) is 21.6 Å². The summed E-state index contributed by atoms with van der Waals surface area (Å²) in [4.78, 5) is 18.6. The molecule has 0 saturated carbocycles. The van der Waals surface area contributed by atoms with E-state index in [1.165, 1.54) is 0 Å². The lowest BCUT2D eigenvalue weighted by atomic mass is 10.1. The van der Waals surface area contributed by atoms with E-state index >= 15 is 0 Å². The summed E-state index contributed by atoms with van der Waals surface area (Å²) in [5.41, 5.74) is 3.51. The minimum Gasteiger partial charge on any atom is -0.368 e. The maximum atomic E-state index is 6.25. The van der Waals surface area contributed by atoms with Crippen molar-refractivity contribution in [3.05, 3.63) is 34.3 Å². The second-order valence-electron chi connectivity index (χ2n) is 6.97. The predicted molar refractivity (Wildman–Crippen MR) is 133 cm³/mol. The van der Waals surface area contributed by atoms with E-state index in [0.29, 0.717) is 41.1 Å². The van der Waals surface area contributed by atoms with E-state index < -0.39 is 0 Å². The molecule has 3 aromatic rings. The molecule has 4 N–H and O–H groups in total. The Hall–Kier alpha value is -2.58. The molecule has 168 valence electrons. The normalized spacial score (nSPS) is 10.5. The van der Waals surface area contributed by atoms with Crippen molar-refractivity contribution in [1.82, 2.24) is 19.9 Å². The SMILES string of the molecule is CCCNc1nc(NCc2cccc(Cl)c2C)nc2c(NCCC)nc(NC)nc12.Cl. The standard InChI is InChI=1S/C21H29ClN8.ClH/c1-5-10-24-18-17-16(27-20(23-4)29-18)19(25-11-6-2)30-21(28-17)26-12-14-8-7-9-15(22)13(14)3;/h7-9H,5-6,10-12H2,1-4H3,(H2,23,24,27,29)(H2,25,26,28,30);1H. The van der Waals surface area contributed by atoms with Gasteiger partial charge in [0.15, 0.2) is 11.6 Å². The average Bonchev–Trinajstić information content (AvgIpc) is 2.76. The van der Waals surface area contributed by atoms with Gasteiger partial charge in [-0.2, -0.15) is 9.97 Å². The molecule has 31 heavy (non-hydrogen) atoms. The Labute approximate surface area is 194 Å². The van der Waals surface area contributed by atoms with Gasteiger partial charge in [0.25, 0.3) is 0 Å². The lowest BCUT2D eigenvalue weighted by Gasteiger charge is -2.15. The van der Waals surface area contributed by atoms with Gasteiger partial charge < -0.3 is 21.3 Å². The highest BCUT2D eigenvalue weighted by molar-refractivity contribution is 6.31. The molecule has 0 fully saturated rings. The van der Waals surface area contributed by atoms with Crippen LogP contribution >= 0.6 is 24.0 Å². The second-order valence-corrected chi connectivity index (χ2v) is 7.38. The molecule has 0 unspecified atom stereocenters. The van der Waals surface area contributed by atoms with Crippen LogP contribution in [0, 0.1) is 6.92 Å². The zero-order valence-corrected chi connectivity index (χ0v) is 19.9. The Balaban J connectivity index is 0.00000341. The summed E-state index contributed by atoms with van der Waals surface area (Å²) in [7, 11) is 1.80. The number of anilines is 4. The number of nitrogens with zero attached hydrogens (tertiary/aromatic N) is 4. The first-order valence-corrected chi connectivity index (χ1v) is 10.7. The van der Waals surface area contributed by atoms with Crippen molar-refractivity contribution in [3.63, 3.8) is 0 Å². The van der Waals surface area contributed by atoms with Gasteiger partial charge in [0, 0.05) is 31.7 Å². The fourth-order valence-corrected chi connectivity index (χ4v) is 3.15. The lowest BCUT2D eigenvalue weighted by molar-refractivity contribution is 0.957. The molecule has 0 bridgehead atoms. The largest absolute Gasteiger partial charge is 0.368 e. The molecule has 2 heterocycles. The van der Waals surface area contributed by atoms with Crippen LogP contribution in [0.15, 0.2) is 18.2 Å². The molecular weight excluding hydrogens is 435 g/mol. The Kier molecular flexibility index (Phi) is 9.33. The lowest BCUT2D eigenvalue weighted by Crippen LogP contribution is -2.13. The summed E-state index contributed by atoms with van der Waals surface area (Å²) in [6.45, 7) is 8.38. The van der Waals surface area contributed by atoms with Gasteiger partial charge in [-0.25, -0.2) is 9.97 Å². The molecule has 0 atom stereocenters. The van der Waals surface area contributed by atoms with Gasteiger partial charge in [0.05, 0.1) is 0 Å². The number of aromatic nitrogens is 4. The first kappa shape index (κ1) is 24.7. The average molecular weight is 465 g/mol. The number of nitrogens with one attached hydrogen (secondary N) is 4. The van der Waals surface area contributed by atoms with E-state index in [2.05, 4.69) is 45.1 Å². The summed E-state index contributed by atoms with van der Waals surface area (Å²) in [5.74, 6) is 2.42. The highest BCUT2D eigenvalue weighted by atomic mass is 35.5. The Morgan fingerprint density at radius 2 is 1.42 bits per heavy atom. The number of fused-ring (bicyclic) bond motifs is 1. The topological polar surface area (TPSA) is 99.7 Å². The van der Waals surface area contributed by atoms with Crippen LogP contribution in [-0.2, 0) is 6.54 Å². The maximum Gasteiger partial charge on any atom is 0.225 e. The number of benzene rings is 1. The molecule has 3 rings (SSSR count). The van der Waals surface area contributed by atoms with Crippen molar-refractivity contribution in [2.75, 3.05) is 41.4 Å². The minimum absolute atomic E-state index is 0. The van der Waals surface area contributed by atoms with Gasteiger partial charge in [0.2, 0.25) is 11.9 Å². The van der Waals surface area contributed by atoms with Crippen LogP contribution < -0.4 is 21.3 Å². The van der Waals surface area contributed by atoms with Crippen molar-refractivity contribution in [1.29, 1.82) is 0 Å². The van der Waals surface area contributed by atoms with Crippen LogP contribution in [0.3, 0.4) is 0 Å². The van der Waals surface area contributed by atoms with Crippen LogP contribution in [0.1, 0.15) is 37.8 Å². The molecule has 0 aliphatic heterocycles. The number of halogens is 2. The molecule has 2 aromatic heterocycles. The van der Waals surface area contributed by atoms with E-state index in [1.54, 1.807) is 7.05 Å². The zero-order valence-electron chi connectivity index (χ0n) is 18.3. The van der Waals surface area contributed by atoms with Crippen LogP contribution in [-0.4, -0.2) is 40.1 Å². The third kappa shape index (κ3) is 5.98. The summed E-state index contributed by atoms with van der Waals surface area (Å²) < 4.78 is 0. The molecule has 0 radical (unpaired) electrons. The summed E-state index contributed by atoms with van der Waals surface area (Å²) in [5, 5.41) is 13.8. The van der Waals surface area contributed by atoms with Crippen LogP contribution in [0.25, 0.3) is 11.0 Å². The van der Waals surface area contributed by atoms with Gasteiger partial charge in [-0.15, -0.1) is 12.4 Å². The number of hydrogen-bond acceptors (Lipinski definition) is 8. The van der Waals surface area contributed by atoms with E-state index in [9.17, 15) is 0 Å². The van der Waals surface area contributed by atoms with Crippen LogP contribution in [0.4, 0.5) is 23.5 Å². The first-order chi connectivity index (χ1) is 14.6. The highest BCUT2D eigenvalue weighted by Gasteiger charge is 2.16. The molecule has 0 aliphatic rings. The predicted octanol–water partition coefficient (Wildman–Crippen LogP) is 5.10. The van der Waals surface area contributed by atoms with Gasteiger partial charge in [-0.05, 0) is 37.0 Å². The molecule has 0 amide bonds. The molecular formula is C21H30Cl2N8. The fourth-order valence-electron chi connectivity index (χ4n) is 2.96. The molecule has 1 aromatic carbocycles. The van der Waals surface area contributed by atoms with Gasteiger partial charge in [-0.1, -0.05) is 37.6 Å². The third-order valence-corrected chi connectivity index (χ3v) is 5.08. The summed E-state index contributed by atoms with van der Waals surface area (Å²) >= 11 is 6.25. The Morgan fingerprint density at radius 1 is 0.839 bits per heavy atom. The fraction of sp³-hybridized carbons (Fsp3) is 0.429. The van der Waals surface area contributed by atoms with E-state index in [1.807, 2.05) is 25.1 Å². The molecule has 0 spiro atoms. The van der Waals surface area contributed by atoms with Crippen molar-refractivity contribution in [3.8, 4) is 0 Å². The van der Waals surface area contributed by atoms with Gasteiger partial charge in [-0.3, -0.25) is 0 Å². The molecule has 0 saturated heterocycles. The first-order valence-electron chi connectivity index (χ1n) is 10.3. The smallest absolute Gasteiger partial charge is 0.225 e. The number of rotatable bonds is 10. The quantitative estimate of drug-likeness (QED) is 0.328. The van der Waals surface area contributed by atoms with Crippen LogP contribution in [0.5, 0.6) is 0 Å². The Morgan fingerprint density at radius 3 is 2.00 bits per heavy atom. The van der Waals surface area contributed by atoms with Crippen molar-refractivity contribution in [2.45, 2.75) is 40.2 Å². The highest BCUT2D eigenvalue weighted by Crippen LogP contribution is 2.27. The monoisotopic (exact) mass is 464 g/mol. The van der Waals surface area contributed by atoms with Gasteiger partial charge >= 0.3 is 0 Å². The molecule has 8 nitrogen and oxygen atoms in total. The third-order valence-electron chi connectivity index (χ3n) is 4.67. The Bertz CT molecular complexity index is 1010. The maximum absolute atomic E-state index is 6.25. The summed E-state index contributed by atoms with van der Waals surface area (Å²) in [6, 6.07) is 5.88.